The standard InChI is InChI=1S/C20H18ClNO/c21-19-15-9-4-5-11-17(15)22-20-16(19)10-6-12-18(20)23-13-14-7-2-1-3-8-14/h1-5,7-9,11,18H,6,10,12-13H2. The minimum Gasteiger partial charge on any atom is -0.367 e. The Morgan fingerprint density at radius 1 is 1.04 bits per heavy atom. The first-order valence-electron chi connectivity index (χ1n) is 8.05. The molecule has 1 unspecified atom stereocenters. The van der Waals surface area contributed by atoms with Crippen molar-refractivity contribution in [3.8, 4) is 0 Å². The average molecular weight is 324 g/mol. The fourth-order valence-corrected chi connectivity index (χ4v) is 3.62. The second-order valence-corrected chi connectivity index (χ2v) is 6.36. The Morgan fingerprint density at radius 3 is 2.70 bits per heavy atom. The summed E-state index contributed by atoms with van der Waals surface area (Å²) >= 11 is 6.65. The van der Waals surface area contributed by atoms with Crippen molar-refractivity contribution in [2.45, 2.75) is 32.0 Å². The Labute approximate surface area is 141 Å². The molecule has 0 saturated heterocycles. The molecule has 2 nitrogen and oxygen atoms in total. The number of nitrogens with zero attached hydrogens (tertiary/aromatic N) is 1. The van der Waals surface area contributed by atoms with Gasteiger partial charge in [-0.15, -0.1) is 0 Å². The summed E-state index contributed by atoms with van der Waals surface area (Å²) in [4.78, 5) is 4.86. The summed E-state index contributed by atoms with van der Waals surface area (Å²) in [6.07, 6.45) is 3.10. The highest BCUT2D eigenvalue weighted by molar-refractivity contribution is 6.36. The molecule has 3 heteroatoms. The second kappa shape index (κ2) is 6.31. The zero-order valence-electron chi connectivity index (χ0n) is 12.8. The van der Waals surface area contributed by atoms with E-state index in [-0.39, 0.29) is 6.10 Å². The van der Waals surface area contributed by atoms with Gasteiger partial charge in [0.05, 0.1) is 22.8 Å². The molecule has 0 N–H and O–H groups in total. The highest BCUT2D eigenvalue weighted by Crippen LogP contribution is 2.38. The number of halogens is 1. The minimum atomic E-state index is 0.0288. The molecule has 23 heavy (non-hydrogen) atoms. The molecule has 4 rings (SSSR count). The molecular weight excluding hydrogens is 306 g/mol. The van der Waals surface area contributed by atoms with Crippen LogP contribution in [-0.2, 0) is 17.8 Å². The lowest BCUT2D eigenvalue weighted by Gasteiger charge is -2.26. The Morgan fingerprint density at radius 2 is 1.83 bits per heavy atom. The minimum absolute atomic E-state index is 0.0288. The van der Waals surface area contributed by atoms with Gasteiger partial charge in [0.1, 0.15) is 6.10 Å². The first-order valence-corrected chi connectivity index (χ1v) is 8.43. The van der Waals surface area contributed by atoms with Crippen LogP contribution >= 0.6 is 11.6 Å². The number of aromatic nitrogens is 1. The number of hydrogen-bond donors (Lipinski definition) is 0. The van der Waals surface area contributed by atoms with E-state index in [1.54, 1.807) is 0 Å². The summed E-state index contributed by atoms with van der Waals surface area (Å²) in [5.41, 5.74) is 4.32. The summed E-state index contributed by atoms with van der Waals surface area (Å²) in [6, 6.07) is 18.3. The van der Waals surface area contributed by atoms with E-state index >= 15 is 0 Å². The van der Waals surface area contributed by atoms with Gasteiger partial charge >= 0.3 is 0 Å². The van der Waals surface area contributed by atoms with Gasteiger partial charge in [0, 0.05) is 5.39 Å². The predicted molar refractivity (Wildman–Crippen MR) is 93.7 cm³/mol. The van der Waals surface area contributed by atoms with E-state index in [1.165, 1.54) is 5.56 Å². The zero-order valence-corrected chi connectivity index (χ0v) is 13.6. The van der Waals surface area contributed by atoms with Gasteiger partial charge in [-0.05, 0) is 36.5 Å². The van der Waals surface area contributed by atoms with Gasteiger partial charge in [0.2, 0.25) is 0 Å². The SMILES string of the molecule is Clc1c2c(nc3ccccc13)C(OCc1ccccc1)CCC2. The fraction of sp³-hybridized carbons (Fsp3) is 0.250. The van der Waals surface area contributed by atoms with Crippen molar-refractivity contribution < 1.29 is 4.74 Å². The Hall–Kier alpha value is -1.90. The largest absolute Gasteiger partial charge is 0.367 e. The van der Waals surface area contributed by atoms with Crippen molar-refractivity contribution in [1.82, 2.24) is 4.98 Å². The van der Waals surface area contributed by atoms with Crippen molar-refractivity contribution in [2.75, 3.05) is 0 Å². The molecule has 1 aliphatic carbocycles. The molecule has 0 spiro atoms. The van der Waals surface area contributed by atoms with Crippen LogP contribution in [0, 0.1) is 0 Å². The maximum absolute atomic E-state index is 6.65. The quantitative estimate of drug-likeness (QED) is 0.636. The number of ether oxygens (including phenoxy) is 1. The number of benzene rings is 2. The van der Waals surface area contributed by atoms with E-state index in [4.69, 9.17) is 21.3 Å². The maximum atomic E-state index is 6.65. The third-order valence-electron chi connectivity index (χ3n) is 4.45. The lowest BCUT2D eigenvalue weighted by atomic mass is 9.92. The molecule has 0 aliphatic heterocycles. The number of para-hydroxylation sites is 1. The van der Waals surface area contributed by atoms with Crippen LogP contribution in [0.1, 0.15) is 35.8 Å². The van der Waals surface area contributed by atoms with Gasteiger partial charge in [-0.25, -0.2) is 4.98 Å². The first kappa shape index (κ1) is 14.7. The van der Waals surface area contributed by atoms with Crippen LogP contribution in [0.25, 0.3) is 10.9 Å². The summed E-state index contributed by atoms with van der Waals surface area (Å²) < 4.78 is 6.18. The van der Waals surface area contributed by atoms with Crippen molar-refractivity contribution in [3.05, 3.63) is 76.4 Å². The Kier molecular flexibility index (Phi) is 4.02. The van der Waals surface area contributed by atoms with Crippen LogP contribution < -0.4 is 0 Å². The number of rotatable bonds is 3. The van der Waals surface area contributed by atoms with Crippen LogP contribution in [0.3, 0.4) is 0 Å². The molecular formula is C20H18ClNO. The lowest BCUT2D eigenvalue weighted by Crippen LogP contribution is -2.15. The van der Waals surface area contributed by atoms with E-state index < -0.39 is 0 Å². The van der Waals surface area contributed by atoms with Crippen LogP contribution in [0.15, 0.2) is 54.6 Å². The zero-order chi connectivity index (χ0) is 15.6. The molecule has 2 aromatic carbocycles. The molecule has 3 aromatic rings. The molecule has 1 atom stereocenters. The van der Waals surface area contributed by atoms with Crippen molar-refractivity contribution in [3.63, 3.8) is 0 Å². The summed E-state index contributed by atoms with van der Waals surface area (Å²) in [6.45, 7) is 0.608. The summed E-state index contributed by atoms with van der Waals surface area (Å²) in [7, 11) is 0. The molecule has 0 fully saturated rings. The molecule has 116 valence electrons. The van der Waals surface area contributed by atoms with Gasteiger partial charge in [-0.3, -0.25) is 0 Å². The average Bonchev–Trinajstić information content (AvgIpc) is 2.61. The third-order valence-corrected chi connectivity index (χ3v) is 4.88. The van der Waals surface area contributed by atoms with Crippen LogP contribution in [0.4, 0.5) is 0 Å². The van der Waals surface area contributed by atoms with Gasteiger partial charge in [-0.2, -0.15) is 0 Å². The predicted octanol–water partition coefficient (Wildman–Crippen LogP) is 5.48. The third kappa shape index (κ3) is 2.85. The van der Waals surface area contributed by atoms with E-state index in [0.29, 0.717) is 6.61 Å². The van der Waals surface area contributed by atoms with Gasteiger partial charge in [-0.1, -0.05) is 60.1 Å². The van der Waals surface area contributed by atoms with E-state index in [9.17, 15) is 0 Å². The first-order chi connectivity index (χ1) is 11.3. The van der Waals surface area contributed by atoms with E-state index in [1.807, 2.05) is 42.5 Å². The molecule has 0 saturated carbocycles. The topological polar surface area (TPSA) is 22.1 Å². The molecule has 1 aromatic heterocycles. The normalized spacial score (nSPS) is 17.2. The monoisotopic (exact) mass is 323 g/mol. The smallest absolute Gasteiger partial charge is 0.100 e. The van der Waals surface area contributed by atoms with Gasteiger partial charge in [0.15, 0.2) is 0 Å². The summed E-state index contributed by atoms with van der Waals surface area (Å²) in [5, 5.41) is 1.88. The van der Waals surface area contributed by atoms with Crippen molar-refractivity contribution in [2.24, 2.45) is 0 Å². The maximum Gasteiger partial charge on any atom is 0.100 e. The molecule has 0 amide bonds. The van der Waals surface area contributed by atoms with E-state index in [2.05, 4.69) is 12.1 Å². The summed E-state index contributed by atoms with van der Waals surface area (Å²) in [5.74, 6) is 0. The van der Waals surface area contributed by atoms with Crippen molar-refractivity contribution in [1.29, 1.82) is 0 Å². The number of pyridine rings is 1. The van der Waals surface area contributed by atoms with Gasteiger partial charge < -0.3 is 4.74 Å². The Balaban J connectivity index is 1.67. The number of fused-ring (bicyclic) bond motifs is 2. The number of hydrogen-bond acceptors (Lipinski definition) is 2. The van der Waals surface area contributed by atoms with E-state index in [0.717, 1.165) is 46.4 Å². The van der Waals surface area contributed by atoms with Crippen LogP contribution in [-0.4, -0.2) is 4.98 Å². The van der Waals surface area contributed by atoms with Gasteiger partial charge in [0.25, 0.3) is 0 Å². The van der Waals surface area contributed by atoms with Crippen LogP contribution in [0.5, 0.6) is 0 Å². The molecule has 0 radical (unpaired) electrons. The fourth-order valence-electron chi connectivity index (χ4n) is 3.27. The molecule has 1 aliphatic rings. The Bertz CT molecular complexity index is 832. The lowest BCUT2D eigenvalue weighted by molar-refractivity contribution is 0.0255. The molecule has 1 heterocycles. The second-order valence-electron chi connectivity index (χ2n) is 5.98. The highest BCUT2D eigenvalue weighted by atomic mass is 35.5. The van der Waals surface area contributed by atoms with Crippen LogP contribution in [0.2, 0.25) is 5.02 Å². The van der Waals surface area contributed by atoms with Crippen molar-refractivity contribution >= 4 is 22.5 Å². The highest BCUT2D eigenvalue weighted by Gasteiger charge is 2.25. The molecule has 0 bridgehead atoms.